The Kier molecular flexibility index (Phi) is 7.22. The van der Waals surface area contributed by atoms with Gasteiger partial charge in [-0.25, -0.2) is 0 Å². The standard InChI is InChI=1S/C23H26N4O2/c1-6-29-22-8-7-18(12-24)10-21(22)26-23(28)20(13-25)11-19-9-16(4)27(17(19)5)14-15(2)3/h7-11,15H,6,14H2,1-5H3,(H,26,28)/b20-11-. The number of nitrogens with one attached hydrogen (secondary N) is 1. The van der Waals surface area contributed by atoms with E-state index in [1.807, 2.05) is 39.0 Å². The molecule has 0 bridgehead atoms. The van der Waals surface area contributed by atoms with E-state index in [1.165, 1.54) is 6.07 Å². The highest BCUT2D eigenvalue weighted by Crippen LogP contribution is 2.27. The van der Waals surface area contributed by atoms with Crippen LogP contribution in [0.1, 0.15) is 43.3 Å². The minimum atomic E-state index is -0.544. The molecule has 0 aliphatic heterocycles. The Morgan fingerprint density at radius 2 is 2.00 bits per heavy atom. The van der Waals surface area contributed by atoms with Gasteiger partial charge in [-0.15, -0.1) is 0 Å². The maximum absolute atomic E-state index is 12.7. The third-order valence-corrected chi connectivity index (χ3v) is 4.48. The molecular formula is C23H26N4O2. The summed E-state index contributed by atoms with van der Waals surface area (Å²) in [4.78, 5) is 12.7. The van der Waals surface area contributed by atoms with E-state index in [9.17, 15) is 10.1 Å². The second kappa shape index (κ2) is 9.61. The molecular weight excluding hydrogens is 364 g/mol. The molecule has 0 fully saturated rings. The van der Waals surface area contributed by atoms with Crippen LogP contribution in [0.2, 0.25) is 0 Å². The van der Waals surface area contributed by atoms with E-state index in [2.05, 4.69) is 23.7 Å². The number of benzene rings is 1. The molecule has 2 aromatic rings. The molecule has 0 aliphatic carbocycles. The summed E-state index contributed by atoms with van der Waals surface area (Å²) in [5.41, 5.74) is 3.68. The van der Waals surface area contributed by atoms with Gasteiger partial charge in [0.15, 0.2) is 0 Å². The predicted octanol–water partition coefficient (Wildman–Crippen LogP) is 4.58. The van der Waals surface area contributed by atoms with Crippen LogP contribution in [0.4, 0.5) is 5.69 Å². The summed E-state index contributed by atoms with van der Waals surface area (Å²) in [6.07, 6.45) is 1.60. The molecule has 1 N–H and O–H groups in total. The fourth-order valence-electron chi connectivity index (χ4n) is 3.09. The molecule has 0 saturated carbocycles. The number of aryl methyl sites for hydroxylation is 1. The number of nitriles is 2. The summed E-state index contributed by atoms with van der Waals surface area (Å²) < 4.78 is 7.70. The van der Waals surface area contributed by atoms with Crippen LogP contribution in [0.3, 0.4) is 0 Å². The van der Waals surface area contributed by atoms with Gasteiger partial charge in [-0.3, -0.25) is 4.79 Å². The van der Waals surface area contributed by atoms with Gasteiger partial charge < -0.3 is 14.6 Å². The number of ether oxygens (including phenoxy) is 1. The normalized spacial score (nSPS) is 11.1. The average molecular weight is 390 g/mol. The molecule has 1 aromatic carbocycles. The third kappa shape index (κ3) is 5.27. The summed E-state index contributed by atoms with van der Waals surface area (Å²) >= 11 is 0. The molecule has 0 atom stereocenters. The Bertz CT molecular complexity index is 1020. The van der Waals surface area contributed by atoms with Gasteiger partial charge in [0.1, 0.15) is 17.4 Å². The fourth-order valence-corrected chi connectivity index (χ4v) is 3.09. The van der Waals surface area contributed by atoms with Crippen LogP contribution in [0.15, 0.2) is 29.8 Å². The van der Waals surface area contributed by atoms with Gasteiger partial charge in [-0.05, 0) is 62.6 Å². The van der Waals surface area contributed by atoms with E-state index in [0.717, 1.165) is 23.5 Å². The number of carbonyl (C=O) groups is 1. The summed E-state index contributed by atoms with van der Waals surface area (Å²) in [6, 6.07) is 10.8. The Labute approximate surface area is 172 Å². The number of hydrogen-bond donors (Lipinski definition) is 1. The van der Waals surface area contributed by atoms with Crippen molar-refractivity contribution >= 4 is 17.7 Å². The molecule has 150 valence electrons. The van der Waals surface area contributed by atoms with E-state index in [4.69, 9.17) is 10.00 Å². The number of rotatable bonds is 7. The van der Waals surface area contributed by atoms with Crippen molar-refractivity contribution in [3.05, 3.63) is 52.4 Å². The van der Waals surface area contributed by atoms with E-state index in [1.54, 1.807) is 18.2 Å². The lowest BCUT2D eigenvalue weighted by Gasteiger charge is -2.12. The molecule has 29 heavy (non-hydrogen) atoms. The maximum Gasteiger partial charge on any atom is 0.266 e. The summed E-state index contributed by atoms with van der Waals surface area (Å²) in [5.74, 6) is 0.393. The second-order valence-electron chi connectivity index (χ2n) is 7.21. The van der Waals surface area contributed by atoms with Crippen molar-refractivity contribution in [1.82, 2.24) is 4.57 Å². The minimum Gasteiger partial charge on any atom is -0.492 e. The summed E-state index contributed by atoms with van der Waals surface area (Å²) in [6.45, 7) is 11.4. The molecule has 0 radical (unpaired) electrons. The Morgan fingerprint density at radius 3 is 2.59 bits per heavy atom. The lowest BCUT2D eigenvalue weighted by molar-refractivity contribution is -0.112. The van der Waals surface area contributed by atoms with Crippen LogP contribution in [-0.2, 0) is 11.3 Å². The number of anilines is 1. The van der Waals surface area contributed by atoms with Crippen LogP contribution < -0.4 is 10.1 Å². The average Bonchev–Trinajstić information content (AvgIpc) is 2.94. The predicted molar refractivity (Wildman–Crippen MR) is 113 cm³/mol. The molecule has 6 nitrogen and oxygen atoms in total. The van der Waals surface area contributed by atoms with Gasteiger partial charge >= 0.3 is 0 Å². The molecule has 1 aromatic heterocycles. The quantitative estimate of drug-likeness (QED) is 0.553. The van der Waals surface area contributed by atoms with Crippen LogP contribution >= 0.6 is 0 Å². The topological polar surface area (TPSA) is 90.8 Å². The van der Waals surface area contributed by atoms with Gasteiger partial charge in [0, 0.05) is 17.9 Å². The molecule has 0 aliphatic rings. The van der Waals surface area contributed by atoms with Crippen LogP contribution in [-0.4, -0.2) is 17.1 Å². The van der Waals surface area contributed by atoms with E-state index in [-0.39, 0.29) is 5.57 Å². The van der Waals surface area contributed by atoms with E-state index >= 15 is 0 Å². The lowest BCUT2D eigenvalue weighted by Crippen LogP contribution is -2.14. The first kappa shape index (κ1) is 21.8. The molecule has 0 unspecified atom stereocenters. The highest BCUT2D eigenvalue weighted by molar-refractivity contribution is 6.10. The van der Waals surface area contributed by atoms with Gasteiger partial charge in [0.05, 0.1) is 23.9 Å². The fraction of sp³-hybridized carbons (Fsp3) is 0.348. The molecule has 0 spiro atoms. The Morgan fingerprint density at radius 1 is 1.28 bits per heavy atom. The zero-order chi connectivity index (χ0) is 21.6. The Balaban J connectivity index is 2.35. The van der Waals surface area contributed by atoms with Gasteiger partial charge in [-0.2, -0.15) is 10.5 Å². The highest BCUT2D eigenvalue weighted by Gasteiger charge is 2.16. The van der Waals surface area contributed by atoms with Crippen LogP contribution in [0.5, 0.6) is 5.75 Å². The monoisotopic (exact) mass is 390 g/mol. The van der Waals surface area contributed by atoms with Crippen molar-refractivity contribution in [3.63, 3.8) is 0 Å². The zero-order valence-electron chi connectivity index (χ0n) is 17.5. The lowest BCUT2D eigenvalue weighted by atomic mass is 10.1. The second-order valence-corrected chi connectivity index (χ2v) is 7.21. The van der Waals surface area contributed by atoms with E-state index < -0.39 is 5.91 Å². The zero-order valence-corrected chi connectivity index (χ0v) is 17.5. The number of amides is 1. The van der Waals surface area contributed by atoms with E-state index in [0.29, 0.717) is 29.5 Å². The highest BCUT2D eigenvalue weighted by atomic mass is 16.5. The van der Waals surface area contributed by atoms with Crippen LogP contribution in [0.25, 0.3) is 6.08 Å². The van der Waals surface area contributed by atoms with Crippen LogP contribution in [0, 0.1) is 42.4 Å². The van der Waals surface area contributed by atoms with Crippen molar-refractivity contribution in [3.8, 4) is 17.9 Å². The van der Waals surface area contributed by atoms with Crippen molar-refractivity contribution in [1.29, 1.82) is 10.5 Å². The molecule has 1 heterocycles. The molecule has 6 heteroatoms. The van der Waals surface area contributed by atoms with Crippen molar-refractivity contribution in [2.45, 2.75) is 41.2 Å². The molecule has 0 saturated heterocycles. The minimum absolute atomic E-state index is 0.0143. The van der Waals surface area contributed by atoms with Crippen molar-refractivity contribution in [2.75, 3.05) is 11.9 Å². The molecule has 2 rings (SSSR count). The summed E-state index contributed by atoms with van der Waals surface area (Å²) in [7, 11) is 0. The summed E-state index contributed by atoms with van der Waals surface area (Å²) in [5, 5.41) is 21.4. The third-order valence-electron chi connectivity index (χ3n) is 4.48. The largest absolute Gasteiger partial charge is 0.492 e. The Hall–Kier alpha value is -3.51. The van der Waals surface area contributed by atoms with Gasteiger partial charge in [0.25, 0.3) is 5.91 Å². The molecule has 1 amide bonds. The van der Waals surface area contributed by atoms with Crippen molar-refractivity contribution < 1.29 is 9.53 Å². The van der Waals surface area contributed by atoms with Gasteiger partial charge in [0.2, 0.25) is 0 Å². The maximum atomic E-state index is 12.7. The number of carbonyl (C=O) groups excluding carboxylic acids is 1. The number of aromatic nitrogens is 1. The number of nitrogens with zero attached hydrogens (tertiary/aromatic N) is 3. The smallest absolute Gasteiger partial charge is 0.266 e. The first-order chi connectivity index (χ1) is 13.8. The first-order valence-corrected chi connectivity index (χ1v) is 9.57. The van der Waals surface area contributed by atoms with Gasteiger partial charge in [-0.1, -0.05) is 13.8 Å². The van der Waals surface area contributed by atoms with Crippen molar-refractivity contribution in [2.24, 2.45) is 5.92 Å². The SMILES string of the molecule is CCOc1ccc(C#N)cc1NC(=O)/C(C#N)=C\c1cc(C)n(CC(C)C)c1C. The number of hydrogen-bond acceptors (Lipinski definition) is 4. The first-order valence-electron chi connectivity index (χ1n) is 9.57.